The number of ether oxygens (including phenoxy) is 1. The third-order valence-corrected chi connectivity index (χ3v) is 4.36. The normalized spacial score (nSPS) is 22.8. The minimum atomic E-state index is -0.386. The summed E-state index contributed by atoms with van der Waals surface area (Å²) in [7, 11) is 3.94. The van der Waals surface area contributed by atoms with Gasteiger partial charge in [0.25, 0.3) is 0 Å². The van der Waals surface area contributed by atoms with E-state index in [0.717, 1.165) is 18.4 Å². The molecule has 1 unspecified atom stereocenters. The summed E-state index contributed by atoms with van der Waals surface area (Å²) in [4.78, 5) is 14.3. The van der Waals surface area contributed by atoms with Gasteiger partial charge in [0.15, 0.2) is 0 Å². The zero-order chi connectivity index (χ0) is 16.1. The third-order valence-electron chi connectivity index (χ3n) is 4.02. The molecule has 1 saturated heterocycles. The summed E-state index contributed by atoms with van der Waals surface area (Å²) in [6.45, 7) is 0.951. The highest BCUT2D eigenvalue weighted by Gasteiger charge is 2.30. The largest absolute Gasteiger partial charge is 0.364 e. The zero-order valence-electron chi connectivity index (χ0n) is 13.1. The summed E-state index contributed by atoms with van der Waals surface area (Å²) < 4.78 is 5.62. The molecule has 1 aliphatic heterocycles. The molecular weight excluding hydrogens is 302 g/mol. The second kappa shape index (κ2) is 7.92. The Kier molecular flexibility index (Phi) is 6.20. The third kappa shape index (κ3) is 4.20. The number of hydrogen-bond acceptors (Lipinski definition) is 4. The SMILES string of the molecule is CN(C)C(CNC(=O)[C@@H]1CC[C@H](CN)O1)c1ccccc1Cl. The lowest BCUT2D eigenvalue weighted by Crippen LogP contribution is -2.40. The van der Waals surface area contributed by atoms with Gasteiger partial charge in [0.1, 0.15) is 6.10 Å². The van der Waals surface area contributed by atoms with Gasteiger partial charge in [0, 0.05) is 18.1 Å². The first-order chi connectivity index (χ1) is 10.5. The van der Waals surface area contributed by atoms with E-state index in [4.69, 9.17) is 22.1 Å². The van der Waals surface area contributed by atoms with Crippen LogP contribution in [0.3, 0.4) is 0 Å². The molecule has 5 nitrogen and oxygen atoms in total. The van der Waals surface area contributed by atoms with E-state index in [-0.39, 0.29) is 24.2 Å². The van der Waals surface area contributed by atoms with Crippen LogP contribution >= 0.6 is 11.6 Å². The molecule has 1 heterocycles. The van der Waals surface area contributed by atoms with Gasteiger partial charge in [-0.2, -0.15) is 0 Å². The van der Waals surface area contributed by atoms with Crippen molar-refractivity contribution in [3.63, 3.8) is 0 Å². The van der Waals surface area contributed by atoms with Crippen LogP contribution in [0.5, 0.6) is 0 Å². The summed E-state index contributed by atoms with van der Waals surface area (Å²) in [5, 5.41) is 3.68. The Labute approximate surface area is 136 Å². The predicted molar refractivity (Wildman–Crippen MR) is 87.8 cm³/mol. The van der Waals surface area contributed by atoms with Crippen LogP contribution in [0.4, 0.5) is 0 Å². The lowest BCUT2D eigenvalue weighted by Gasteiger charge is -2.26. The van der Waals surface area contributed by atoms with Crippen LogP contribution in [0.1, 0.15) is 24.4 Å². The topological polar surface area (TPSA) is 67.6 Å². The van der Waals surface area contributed by atoms with Crippen LogP contribution in [0.2, 0.25) is 5.02 Å². The Morgan fingerprint density at radius 2 is 2.18 bits per heavy atom. The van der Waals surface area contributed by atoms with E-state index in [2.05, 4.69) is 5.32 Å². The van der Waals surface area contributed by atoms with Crippen LogP contribution < -0.4 is 11.1 Å². The van der Waals surface area contributed by atoms with E-state index < -0.39 is 0 Å². The number of halogens is 1. The summed E-state index contributed by atoms with van der Waals surface area (Å²) in [6.07, 6.45) is 1.19. The first-order valence-corrected chi connectivity index (χ1v) is 7.94. The Morgan fingerprint density at radius 3 is 2.77 bits per heavy atom. The van der Waals surface area contributed by atoms with Crippen molar-refractivity contribution in [3.8, 4) is 0 Å². The molecule has 1 aromatic rings. The molecule has 0 aromatic heterocycles. The van der Waals surface area contributed by atoms with Gasteiger partial charge < -0.3 is 20.7 Å². The van der Waals surface area contributed by atoms with E-state index in [1.807, 2.05) is 43.3 Å². The highest BCUT2D eigenvalue weighted by molar-refractivity contribution is 6.31. The van der Waals surface area contributed by atoms with Crippen LogP contribution in [0.15, 0.2) is 24.3 Å². The molecule has 3 N–H and O–H groups in total. The molecule has 0 bridgehead atoms. The Bertz CT molecular complexity index is 510. The lowest BCUT2D eigenvalue weighted by atomic mass is 10.1. The maximum absolute atomic E-state index is 12.2. The highest BCUT2D eigenvalue weighted by atomic mass is 35.5. The molecule has 1 amide bonds. The highest BCUT2D eigenvalue weighted by Crippen LogP contribution is 2.25. The maximum atomic E-state index is 12.2. The quantitative estimate of drug-likeness (QED) is 0.833. The molecule has 1 fully saturated rings. The van der Waals surface area contributed by atoms with Gasteiger partial charge in [-0.3, -0.25) is 4.79 Å². The van der Waals surface area contributed by atoms with Crippen molar-refractivity contribution in [1.82, 2.24) is 10.2 Å². The van der Waals surface area contributed by atoms with Crippen molar-refractivity contribution >= 4 is 17.5 Å². The maximum Gasteiger partial charge on any atom is 0.249 e. The van der Waals surface area contributed by atoms with Crippen molar-refractivity contribution in [1.29, 1.82) is 0 Å². The number of rotatable bonds is 6. The number of carbonyl (C=O) groups is 1. The Morgan fingerprint density at radius 1 is 1.45 bits per heavy atom. The van der Waals surface area contributed by atoms with E-state index in [1.165, 1.54) is 0 Å². The molecule has 1 aromatic carbocycles. The number of hydrogen-bond donors (Lipinski definition) is 2. The van der Waals surface area contributed by atoms with Gasteiger partial charge >= 0.3 is 0 Å². The van der Waals surface area contributed by atoms with Crippen molar-refractivity contribution in [2.75, 3.05) is 27.2 Å². The summed E-state index contributed by atoms with van der Waals surface area (Å²) in [5.74, 6) is -0.0742. The van der Waals surface area contributed by atoms with Gasteiger partial charge in [-0.25, -0.2) is 0 Å². The van der Waals surface area contributed by atoms with Gasteiger partial charge in [0.05, 0.1) is 12.1 Å². The molecular formula is C16H24ClN3O2. The second-order valence-electron chi connectivity index (χ2n) is 5.81. The average molecular weight is 326 g/mol. The molecule has 22 heavy (non-hydrogen) atoms. The molecule has 0 aliphatic carbocycles. The van der Waals surface area contributed by atoms with Crippen LogP contribution in [-0.2, 0) is 9.53 Å². The average Bonchev–Trinajstić information content (AvgIpc) is 2.97. The van der Waals surface area contributed by atoms with Gasteiger partial charge in [-0.1, -0.05) is 29.8 Å². The fourth-order valence-electron chi connectivity index (χ4n) is 2.70. The molecule has 2 rings (SSSR count). The minimum absolute atomic E-state index is 0.00367. The number of nitrogens with one attached hydrogen (secondary N) is 1. The number of amides is 1. The van der Waals surface area contributed by atoms with E-state index in [9.17, 15) is 4.79 Å². The van der Waals surface area contributed by atoms with Crippen LogP contribution in [-0.4, -0.2) is 50.2 Å². The molecule has 6 heteroatoms. The lowest BCUT2D eigenvalue weighted by molar-refractivity contribution is -0.132. The molecule has 0 spiro atoms. The number of nitrogens with two attached hydrogens (primary N) is 1. The van der Waals surface area contributed by atoms with Gasteiger partial charge in [-0.05, 0) is 38.6 Å². The molecule has 0 saturated carbocycles. The number of nitrogens with zero attached hydrogens (tertiary/aromatic N) is 1. The first-order valence-electron chi connectivity index (χ1n) is 7.57. The minimum Gasteiger partial charge on any atom is -0.364 e. The Hall–Kier alpha value is -1.14. The van der Waals surface area contributed by atoms with Gasteiger partial charge in [0.2, 0.25) is 5.91 Å². The summed E-state index contributed by atoms with van der Waals surface area (Å²) in [5.41, 5.74) is 6.57. The van der Waals surface area contributed by atoms with E-state index >= 15 is 0 Å². The molecule has 0 radical (unpaired) electrons. The fourth-order valence-corrected chi connectivity index (χ4v) is 2.96. The van der Waals surface area contributed by atoms with Crippen LogP contribution in [0, 0.1) is 0 Å². The Balaban J connectivity index is 1.95. The number of likely N-dealkylation sites (N-methyl/N-ethyl adjacent to an activating group) is 1. The van der Waals surface area contributed by atoms with Crippen LogP contribution in [0.25, 0.3) is 0 Å². The smallest absolute Gasteiger partial charge is 0.249 e. The van der Waals surface area contributed by atoms with E-state index in [0.29, 0.717) is 18.1 Å². The summed E-state index contributed by atoms with van der Waals surface area (Å²) >= 11 is 6.27. The second-order valence-corrected chi connectivity index (χ2v) is 6.21. The van der Waals surface area contributed by atoms with E-state index in [1.54, 1.807) is 0 Å². The standard InChI is InChI=1S/C16H24ClN3O2/c1-20(2)14(12-5-3-4-6-13(12)17)10-19-16(21)15-8-7-11(9-18)22-15/h3-6,11,14-15H,7-10,18H2,1-2H3,(H,19,21)/t11-,14?,15+/m1/s1. The van der Waals surface area contributed by atoms with Crippen molar-refractivity contribution in [3.05, 3.63) is 34.9 Å². The number of carbonyl (C=O) groups excluding carboxylic acids is 1. The molecule has 3 atom stereocenters. The van der Waals surface area contributed by atoms with Crippen molar-refractivity contribution in [2.45, 2.75) is 31.1 Å². The molecule has 122 valence electrons. The fraction of sp³-hybridized carbons (Fsp3) is 0.562. The van der Waals surface area contributed by atoms with Crippen molar-refractivity contribution in [2.24, 2.45) is 5.73 Å². The monoisotopic (exact) mass is 325 g/mol. The first kappa shape index (κ1) is 17.2. The number of benzene rings is 1. The molecule has 1 aliphatic rings. The summed E-state index contributed by atoms with van der Waals surface area (Å²) in [6, 6.07) is 7.71. The zero-order valence-corrected chi connectivity index (χ0v) is 13.8. The van der Waals surface area contributed by atoms with Gasteiger partial charge in [-0.15, -0.1) is 0 Å². The predicted octanol–water partition coefficient (Wildman–Crippen LogP) is 1.57. The van der Waals surface area contributed by atoms with Crippen molar-refractivity contribution < 1.29 is 9.53 Å².